The van der Waals surface area contributed by atoms with Crippen molar-refractivity contribution in [2.45, 2.75) is 25.3 Å². The summed E-state index contributed by atoms with van der Waals surface area (Å²) in [5.74, 6) is -2.55. The third-order valence-electron chi connectivity index (χ3n) is 3.19. The summed E-state index contributed by atoms with van der Waals surface area (Å²) in [5.41, 5.74) is 0.168. The highest BCUT2D eigenvalue weighted by Crippen LogP contribution is 2.26. The Morgan fingerprint density at radius 2 is 1.67 bits per heavy atom. The summed E-state index contributed by atoms with van der Waals surface area (Å²) in [6.07, 6.45) is 2.91. The van der Waals surface area contributed by atoms with E-state index < -0.39 is 23.6 Å². The highest BCUT2D eigenvalue weighted by Gasteiger charge is 2.29. The van der Waals surface area contributed by atoms with Crippen molar-refractivity contribution in [1.82, 2.24) is 4.90 Å². The maximum Gasteiger partial charge on any atom is 0.325 e. The Morgan fingerprint density at radius 1 is 1.11 bits per heavy atom. The van der Waals surface area contributed by atoms with Crippen LogP contribution in [0.4, 0.5) is 8.78 Å². The Labute approximate surface area is 104 Å². The Bertz CT molecular complexity index is 424. The van der Waals surface area contributed by atoms with Crippen molar-refractivity contribution in [2.75, 3.05) is 13.1 Å². The van der Waals surface area contributed by atoms with Crippen LogP contribution in [-0.4, -0.2) is 29.1 Å². The lowest BCUT2D eigenvalue weighted by Crippen LogP contribution is -2.38. The molecule has 1 atom stereocenters. The molecule has 0 saturated carbocycles. The van der Waals surface area contributed by atoms with E-state index in [9.17, 15) is 18.7 Å². The van der Waals surface area contributed by atoms with Crippen LogP contribution in [0.1, 0.15) is 30.9 Å². The van der Waals surface area contributed by atoms with Gasteiger partial charge in [-0.3, -0.25) is 9.69 Å². The summed E-state index contributed by atoms with van der Waals surface area (Å²) in [5, 5.41) is 9.27. The molecule has 3 nitrogen and oxygen atoms in total. The zero-order valence-corrected chi connectivity index (χ0v) is 9.90. The number of rotatable bonds is 3. The molecule has 0 aromatic heterocycles. The molecule has 1 aromatic rings. The van der Waals surface area contributed by atoms with Crippen LogP contribution < -0.4 is 0 Å². The van der Waals surface area contributed by atoms with Gasteiger partial charge in [0.05, 0.1) is 0 Å². The van der Waals surface area contributed by atoms with E-state index >= 15 is 0 Å². The lowest BCUT2D eigenvalue weighted by molar-refractivity contribution is -0.144. The first-order valence-electron chi connectivity index (χ1n) is 6.01. The first-order chi connectivity index (χ1) is 8.58. The quantitative estimate of drug-likeness (QED) is 0.902. The number of likely N-dealkylation sites (tertiary alicyclic amines) is 1. The summed E-state index contributed by atoms with van der Waals surface area (Å²) in [6, 6.07) is 1.97. The molecule has 1 aliphatic rings. The smallest absolute Gasteiger partial charge is 0.325 e. The Kier molecular flexibility index (Phi) is 3.91. The number of hydrogen-bond acceptors (Lipinski definition) is 2. The fourth-order valence-electron chi connectivity index (χ4n) is 2.42. The summed E-state index contributed by atoms with van der Waals surface area (Å²) in [6.45, 7) is 1.30. The van der Waals surface area contributed by atoms with E-state index in [0.29, 0.717) is 13.1 Å². The molecule has 98 valence electrons. The molecule has 1 heterocycles. The molecule has 1 N–H and O–H groups in total. The van der Waals surface area contributed by atoms with Gasteiger partial charge < -0.3 is 5.11 Å². The number of hydrogen-bond donors (Lipinski definition) is 1. The molecule has 0 bridgehead atoms. The molecular formula is C13H15F2NO2. The Hall–Kier alpha value is -1.49. The van der Waals surface area contributed by atoms with E-state index in [1.54, 1.807) is 4.90 Å². The number of nitrogens with zero attached hydrogens (tertiary/aromatic N) is 1. The Morgan fingerprint density at radius 3 is 2.17 bits per heavy atom. The molecule has 1 fully saturated rings. The normalized spacial score (nSPS) is 18.6. The first-order valence-corrected chi connectivity index (χ1v) is 6.01. The summed E-state index contributed by atoms with van der Waals surface area (Å²) in [7, 11) is 0. The van der Waals surface area contributed by atoms with Gasteiger partial charge in [-0.25, -0.2) is 8.78 Å². The minimum atomic E-state index is -1.07. The lowest BCUT2D eigenvalue weighted by atomic mass is 10.0. The second-order valence-electron chi connectivity index (χ2n) is 4.54. The molecule has 0 spiro atoms. The van der Waals surface area contributed by atoms with Crippen molar-refractivity contribution in [3.8, 4) is 0 Å². The molecule has 5 heteroatoms. The van der Waals surface area contributed by atoms with Gasteiger partial charge in [0.1, 0.15) is 17.7 Å². The van der Waals surface area contributed by atoms with Crippen molar-refractivity contribution in [1.29, 1.82) is 0 Å². The minimum absolute atomic E-state index is 0.168. The maximum atomic E-state index is 13.2. The number of carboxylic acid groups (broad SMARTS) is 1. The summed E-state index contributed by atoms with van der Waals surface area (Å²) >= 11 is 0. The van der Waals surface area contributed by atoms with Crippen LogP contribution in [0.5, 0.6) is 0 Å². The summed E-state index contributed by atoms with van der Waals surface area (Å²) < 4.78 is 26.3. The fraction of sp³-hybridized carbons (Fsp3) is 0.462. The van der Waals surface area contributed by atoms with E-state index in [1.165, 1.54) is 0 Å². The van der Waals surface area contributed by atoms with Crippen molar-refractivity contribution >= 4 is 5.97 Å². The standard InChI is InChI=1S/C13H15F2NO2/c14-10-6-9(7-11(15)8-10)12(13(17)18)16-4-2-1-3-5-16/h6-8,12H,1-5H2,(H,17,18). The van der Waals surface area contributed by atoms with Crippen molar-refractivity contribution in [3.63, 3.8) is 0 Å². The number of halogens is 2. The van der Waals surface area contributed by atoms with Crippen LogP contribution in [0.25, 0.3) is 0 Å². The molecular weight excluding hydrogens is 240 g/mol. The van der Waals surface area contributed by atoms with Crippen LogP contribution in [-0.2, 0) is 4.79 Å². The molecule has 1 aromatic carbocycles. The third kappa shape index (κ3) is 2.85. The topological polar surface area (TPSA) is 40.5 Å². The van der Waals surface area contributed by atoms with Crippen LogP contribution in [0.2, 0.25) is 0 Å². The van der Waals surface area contributed by atoms with E-state index in [0.717, 1.165) is 37.5 Å². The fourth-order valence-corrected chi connectivity index (χ4v) is 2.42. The van der Waals surface area contributed by atoms with Crippen molar-refractivity contribution < 1.29 is 18.7 Å². The molecule has 1 saturated heterocycles. The molecule has 1 unspecified atom stereocenters. The highest BCUT2D eigenvalue weighted by molar-refractivity contribution is 5.75. The van der Waals surface area contributed by atoms with E-state index in [-0.39, 0.29) is 5.56 Å². The predicted molar refractivity (Wildman–Crippen MR) is 62.2 cm³/mol. The monoisotopic (exact) mass is 255 g/mol. The third-order valence-corrected chi connectivity index (χ3v) is 3.19. The number of piperidine rings is 1. The van der Waals surface area contributed by atoms with E-state index in [1.807, 2.05) is 0 Å². The van der Waals surface area contributed by atoms with Crippen LogP contribution in [0.15, 0.2) is 18.2 Å². The van der Waals surface area contributed by atoms with Gasteiger partial charge in [-0.2, -0.15) is 0 Å². The molecule has 2 rings (SSSR count). The SMILES string of the molecule is O=C(O)C(c1cc(F)cc(F)c1)N1CCCCC1. The summed E-state index contributed by atoms with van der Waals surface area (Å²) in [4.78, 5) is 13.1. The number of carbonyl (C=O) groups is 1. The zero-order chi connectivity index (χ0) is 13.1. The highest BCUT2D eigenvalue weighted by atomic mass is 19.1. The molecule has 0 amide bonds. The van der Waals surface area contributed by atoms with Gasteiger partial charge in [0.15, 0.2) is 0 Å². The van der Waals surface area contributed by atoms with Crippen molar-refractivity contribution in [3.05, 3.63) is 35.4 Å². The van der Waals surface area contributed by atoms with Gasteiger partial charge in [0, 0.05) is 6.07 Å². The van der Waals surface area contributed by atoms with Crippen LogP contribution in [0.3, 0.4) is 0 Å². The average Bonchev–Trinajstić information content (AvgIpc) is 2.28. The second-order valence-corrected chi connectivity index (χ2v) is 4.54. The number of aliphatic carboxylic acids is 1. The van der Waals surface area contributed by atoms with E-state index in [2.05, 4.69) is 0 Å². The van der Waals surface area contributed by atoms with Gasteiger partial charge in [-0.05, 0) is 43.6 Å². The molecule has 0 aliphatic carbocycles. The first kappa shape index (κ1) is 13.0. The van der Waals surface area contributed by atoms with Gasteiger partial charge in [0.2, 0.25) is 0 Å². The number of benzene rings is 1. The van der Waals surface area contributed by atoms with E-state index in [4.69, 9.17) is 0 Å². The zero-order valence-electron chi connectivity index (χ0n) is 9.90. The Balaban J connectivity index is 2.31. The number of carboxylic acids is 1. The van der Waals surface area contributed by atoms with Gasteiger partial charge in [0.25, 0.3) is 0 Å². The molecule has 1 aliphatic heterocycles. The van der Waals surface area contributed by atoms with Crippen LogP contribution in [0, 0.1) is 11.6 Å². The van der Waals surface area contributed by atoms with Crippen molar-refractivity contribution in [2.24, 2.45) is 0 Å². The minimum Gasteiger partial charge on any atom is -0.480 e. The lowest BCUT2D eigenvalue weighted by Gasteiger charge is -2.32. The predicted octanol–water partition coefficient (Wildman–Crippen LogP) is 2.58. The second kappa shape index (κ2) is 5.44. The van der Waals surface area contributed by atoms with Gasteiger partial charge in [-0.1, -0.05) is 6.42 Å². The van der Waals surface area contributed by atoms with Gasteiger partial charge in [-0.15, -0.1) is 0 Å². The molecule has 0 radical (unpaired) electrons. The maximum absolute atomic E-state index is 13.2. The van der Waals surface area contributed by atoms with Crippen LogP contribution >= 0.6 is 0 Å². The average molecular weight is 255 g/mol. The molecule has 18 heavy (non-hydrogen) atoms. The van der Waals surface area contributed by atoms with Gasteiger partial charge >= 0.3 is 5.97 Å². The largest absolute Gasteiger partial charge is 0.480 e.